The highest BCUT2D eigenvalue weighted by molar-refractivity contribution is 9.10. The molecule has 2 aromatic carbocycles. The number of aromatic nitrogens is 2. The van der Waals surface area contributed by atoms with Crippen molar-refractivity contribution in [2.24, 2.45) is 0 Å². The van der Waals surface area contributed by atoms with Crippen LogP contribution >= 0.6 is 15.9 Å². The average molecular weight is 288 g/mol. The molecule has 4 heteroatoms. The topological polar surface area (TPSA) is 43.8 Å². The summed E-state index contributed by atoms with van der Waals surface area (Å²) in [4.78, 5) is 4.37. The molecule has 3 aromatic rings. The van der Waals surface area contributed by atoms with Gasteiger partial charge in [0, 0.05) is 15.8 Å². The predicted octanol–water partition coefficient (Wildman–Crippen LogP) is 3.37. The summed E-state index contributed by atoms with van der Waals surface area (Å²) in [6.45, 7) is 0. The molecular formula is C13H10BrN3. The van der Waals surface area contributed by atoms with Crippen molar-refractivity contribution in [2.75, 3.05) is 5.73 Å². The molecule has 1 aromatic heterocycles. The fourth-order valence-corrected chi connectivity index (χ4v) is 2.21. The number of nitrogens with zero attached hydrogens (tertiary/aromatic N) is 2. The quantitative estimate of drug-likeness (QED) is 0.698. The molecule has 1 heterocycles. The first-order valence-corrected chi connectivity index (χ1v) is 6.02. The van der Waals surface area contributed by atoms with E-state index in [1.54, 1.807) is 0 Å². The molecule has 3 rings (SSSR count). The number of nitrogen functional groups attached to an aromatic ring is 1. The number of imidazole rings is 1. The lowest BCUT2D eigenvalue weighted by atomic mass is 10.2. The lowest BCUT2D eigenvalue weighted by Gasteiger charge is -2.05. The summed E-state index contributed by atoms with van der Waals surface area (Å²) in [6, 6.07) is 13.8. The molecule has 0 unspecified atom stereocenters. The van der Waals surface area contributed by atoms with Crippen LogP contribution in [0.25, 0.3) is 16.7 Å². The number of fused-ring (bicyclic) bond motifs is 1. The van der Waals surface area contributed by atoms with Gasteiger partial charge in [-0.25, -0.2) is 4.98 Å². The molecule has 0 aliphatic rings. The molecule has 0 saturated carbocycles. The monoisotopic (exact) mass is 287 g/mol. The van der Waals surface area contributed by atoms with Gasteiger partial charge in [0.1, 0.15) is 6.33 Å². The Morgan fingerprint density at radius 2 is 2.00 bits per heavy atom. The molecule has 0 saturated heterocycles. The van der Waals surface area contributed by atoms with E-state index >= 15 is 0 Å². The van der Waals surface area contributed by atoms with E-state index in [9.17, 15) is 0 Å². The summed E-state index contributed by atoms with van der Waals surface area (Å²) in [7, 11) is 0. The predicted molar refractivity (Wildman–Crippen MR) is 73.2 cm³/mol. The number of hydrogen-bond acceptors (Lipinski definition) is 2. The van der Waals surface area contributed by atoms with Crippen LogP contribution in [0.15, 0.2) is 53.3 Å². The molecule has 2 N–H and O–H groups in total. The van der Waals surface area contributed by atoms with Crippen molar-refractivity contribution in [3.63, 3.8) is 0 Å². The maximum atomic E-state index is 5.80. The van der Waals surface area contributed by atoms with E-state index < -0.39 is 0 Å². The summed E-state index contributed by atoms with van der Waals surface area (Å²) in [5.74, 6) is 0. The molecule has 0 amide bonds. The first kappa shape index (κ1) is 10.4. The second-order valence-electron chi connectivity index (χ2n) is 3.84. The minimum atomic E-state index is 0.749. The van der Waals surface area contributed by atoms with E-state index in [1.165, 1.54) is 0 Å². The molecule has 84 valence electrons. The van der Waals surface area contributed by atoms with Crippen molar-refractivity contribution in [3.8, 4) is 5.69 Å². The van der Waals surface area contributed by atoms with Gasteiger partial charge in [-0.2, -0.15) is 0 Å². The van der Waals surface area contributed by atoms with Crippen molar-refractivity contribution in [1.29, 1.82) is 0 Å². The van der Waals surface area contributed by atoms with Crippen LogP contribution in [0, 0.1) is 0 Å². The molecule has 0 bridgehead atoms. The Morgan fingerprint density at radius 1 is 1.12 bits per heavy atom. The van der Waals surface area contributed by atoms with Gasteiger partial charge in [0.05, 0.1) is 11.0 Å². The molecule has 0 radical (unpaired) electrons. The Morgan fingerprint density at radius 3 is 2.82 bits per heavy atom. The van der Waals surface area contributed by atoms with E-state index in [4.69, 9.17) is 5.73 Å². The second-order valence-corrected chi connectivity index (χ2v) is 4.76. The minimum Gasteiger partial charge on any atom is -0.399 e. The first-order valence-electron chi connectivity index (χ1n) is 5.22. The Bertz CT molecular complexity index is 688. The van der Waals surface area contributed by atoms with Crippen LogP contribution in [-0.4, -0.2) is 9.55 Å². The van der Waals surface area contributed by atoms with Crippen molar-refractivity contribution < 1.29 is 0 Å². The number of rotatable bonds is 1. The number of halogens is 1. The molecule has 0 atom stereocenters. The minimum absolute atomic E-state index is 0.749. The van der Waals surface area contributed by atoms with Gasteiger partial charge in [0.15, 0.2) is 0 Å². The van der Waals surface area contributed by atoms with Gasteiger partial charge in [0.25, 0.3) is 0 Å². The number of hydrogen-bond donors (Lipinski definition) is 1. The van der Waals surface area contributed by atoms with Crippen LogP contribution < -0.4 is 5.73 Å². The van der Waals surface area contributed by atoms with Gasteiger partial charge in [-0.15, -0.1) is 0 Å². The van der Waals surface area contributed by atoms with E-state index in [-0.39, 0.29) is 0 Å². The van der Waals surface area contributed by atoms with Crippen molar-refractivity contribution in [3.05, 3.63) is 53.3 Å². The van der Waals surface area contributed by atoms with Crippen LogP contribution in [-0.2, 0) is 0 Å². The average Bonchev–Trinajstić information content (AvgIpc) is 2.71. The summed E-state index contributed by atoms with van der Waals surface area (Å²) < 4.78 is 3.06. The fourth-order valence-electron chi connectivity index (χ4n) is 1.86. The maximum Gasteiger partial charge on any atom is 0.100 e. The molecule has 0 aliphatic carbocycles. The third kappa shape index (κ3) is 1.80. The van der Waals surface area contributed by atoms with Crippen LogP contribution in [0.1, 0.15) is 0 Å². The summed E-state index contributed by atoms with van der Waals surface area (Å²) >= 11 is 3.47. The lowest BCUT2D eigenvalue weighted by Crippen LogP contribution is -1.93. The first-order chi connectivity index (χ1) is 8.24. The van der Waals surface area contributed by atoms with E-state index in [0.29, 0.717) is 0 Å². The van der Waals surface area contributed by atoms with Crippen LogP contribution in [0.2, 0.25) is 0 Å². The highest BCUT2D eigenvalue weighted by atomic mass is 79.9. The van der Waals surface area contributed by atoms with Gasteiger partial charge in [-0.05, 0) is 36.4 Å². The SMILES string of the molecule is Nc1cccc(-n2cnc3ccc(Br)cc32)c1. The molecule has 0 aliphatic heterocycles. The standard InChI is InChI=1S/C13H10BrN3/c14-9-4-5-12-13(6-9)17(8-16-12)11-3-1-2-10(15)7-11/h1-8H,15H2. The third-order valence-electron chi connectivity index (χ3n) is 2.66. The zero-order chi connectivity index (χ0) is 11.8. The largest absolute Gasteiger partial charge is 0.399 e. The zero-order valence-corrected chi connectivity index (χ0v) is 10.6. The fraction of sp³-hybridized carbons (Fsp3) is 0. The summed E-state index contributed by atoms with van der Waals surface area (Å²) in [5.41, 5.74) is 9.59. The summed E-state index contributed by atoms with van der Waals surface area (Å²) in [5, 5.41) is 0. The van der Waals surface area contributed by atoms with Crippen LogP contribution in [0.3, 0.4) is 0 Å². The van der Waals surface area contributed by atoms with Crippen molar-refractivity contribution in [2.45, 2.75) is 0 Å². The van der Waals surface area contributed by atoms with E-state index in [2.05, 4.69) is 20.9 Å². The Balaban J connectivity index is 2.27. The van der Waals surface area contributed by atoms with Crippen molar-refractivity contribution in [1.82, 2.24) is 9.55 Å². The number of nitrogens with two attached hydrogens (primary N) is 1. The molecule has 3 nitrogen and oxygen atoms in total. The number of anilines is 1. The number of benzene rings is 2. The van der Waals surface area contributed by atoms with E-state index in [0.717, 1.165) is 26.9 Å². The Hall–Kier alpha value is -1.81. The molecule has 0 fully saturated rings. The van der Waals surface area contributed by atoms with Gasteiger partial charge in [0.2, 0.25) is 0 Å². The zero-order valence-electron chi connectivity index (χ0n) is 8.97. The highest BCUT2D eigenvalue weighted by Gasteiger charge is 2.04. The lowest BCUT2D eigenvalue weighted by molar-refractivity contribution is 1.09. The molecular weight excluding hydrogens is 278 g/mol. The Kier molecular flexibility index (Phi) is 2.37. The van der Waals surface area contributed by atoms with Gasteiger partial charge in [-0.3, -0.25) is 4.57 Å². The molecule has 0 spiro atoms. The molecule has 17 heavy (non-hydrogen) atoms. The smallest absolute Gasteiger partial charge is 0.100 e. The van der Waals surface area contributed by atoms with Crippen LogP contribution in [0.4, 0.5) is 5.69 Å². The maximum absolute atomic E-state index is 5.80. The van der Waals surface area contributed by atoms with Crippen molar-refractivity contribution >= 4 is 32.7 Å². The van der Waals surface area contributed by atoms with Gasteiger partial charge < -0.3 is 5.73 Å². The second kappa shape index (κ2) is 3.89. The highest BCUT2D eigenvalue weighted by Crippen LogP contribution is 2.22. The summed E-state index contributed by atoms with van der Waals surface area (Å²) in [6.07, 6.45) is 1.81. The van der Waals surface area contributed by atoms with Gasteiger partial charge >= 0.3 is 0 Å². The normalized spacial score (nSPS) is 10.9. The Labute approximate surface area is 107 Å². The van der Waals surface area contributed by atoms with Crippen LogP contribution in [0.5, 0.6) is 0 Å². The van der Waals surface area contributed by atoms with E-state index in [1.807, 2.05) is 53.4 Å². The van der Waals surface area contributed by atoms with Gasteiger partial charge in [-0.1, -0.05) is 22.0 Å². The third-order valence-corrected chi connectivity index (χ3v) is 3.15.